The predicted octanol–water partition coefficient (Wildman–Crippen LogP) is 3.98. The van der Waals surface area contributed by atoms with Crippen LogP contribution in [0, 0.1) is 6.92 Å². The Balaban J connectivity index is 1.75. The van der Waals surface area contributed by atoms with Crippen molar-refractivity contribution in [2.75, 3.05) is 25.5 Å². The quantitative estimate of drug-likeness (QED) is 0.909. The molecule has 7 heteroatoms. The van der Waals surface area contributed by atoms with Crippen LogP contribution in [-0.4, -0.2) is 41.3 Å². The molecule has 0 amide bonds. The second-order valence-electron chi connectivity index (χ2n) is 6.58. The number of hydrogen-bond donors (Lipinski definition) is 1. The van der Waals surface area contributed by atoms with Crippen molar-refractivity contribution < 1.29 is 13.2 Å². The predicted molar refractivity (Wildman–Crippen MR) is 91.3 cm³/mol. The Morgan fingerprint density at radius 3 is 2.48 bits per heavy atom. The third kappa shape index (κ3) is 4.28. The van der Waals surface area contributed by atoms with E-state index in [4.69, 9.17) is 0 Å². The molecule has 1 N–H and O–H groups in total. The number of nitrogens with one attached hydrogen (secondary N) is 1. The van der Waals surface area contributed by atoms with Gasteiger partial charge in [0.1, 0.15) is 5.82 Å². The second-order valence-corrected chi connectivity index (χ2v) is 6.58. The molecule has 1 saturated heterocycles. The van der Waals surface area contributed by atoms with Crippen LogP contribution in [0.25, 0.3) is 11.3 Å². The lowest BCUT2D eigenvalue weighted by Crippen LogP contribution is -2.39. The van der Waals surface area contributed by atoms with Gasteiger partial charge in [0.05, 0.1) is 11.3 Å². The largest absolute Gasteiger partial charge is 0.416 e. The third-order valence-electron chi connectivity index (χ3n) is 4.45. The van der Waals surface area contributed by atoms with Gasteiger partial charge < -0.3 is 10.2 Å². The Morgan fingerprint density at radius 1 is 1.16 bits per heavy atom. The van der Waals surface area contributed by atoms with E-state index in [1.807, 2.05) is 13.0 Å². The Morgan fingerprint density at radius 2 is 1.88 bits per heavy atom. The fourth-order valence-corrected chi connectivity index (χ4v) is 3.15. The molecular weight excluding hydrogens is 329 g/mol. The van der Waals surface area contributed by atoms with Gasteiger partial charge in [-0.25, -0.2) is 0 Å². The van der Waals surface area contributed by atoms with E-state index in [2.05, 4.69) is 27.5 Å². The zero-order chi connectivity index (χ0) is 18.0. The molecule has 0 radical (unpaired) electrons. The highest BCUT2D eigenvalue weighted by Gasteiger charge is 2.30. The summed E-state index contributed by atoms with van der Waals surface area (Å²) in [6, 6.07) is 7.24. The van der Waals surface area contributed by atoms with Crippen molar-refractivity contribution >= 4 is 5.82 Å². The highest BCUT2D eigenvalue weighted by atomic mass is 19.4. The molecule has 1 aliphatic rings. The van der Waals surface area contributed by atoms with E-state index < -0.39 is 11.7 Å². The Labute approximate surface area is 145 Å². The number of rotatable bonds is 3. The number of halogens is 3. The molecule has 2 aromatic rings. The smallest absolute Gasteiger partial charge is 0.365 e. The van der Waals surface area contributed by atoms with Gasteiger partial charge in [-0.3, -0.25) is 0 Å². The average Bonchev–Trinajstić information content (AvgIpc) is 2.54. The minimum Gasteiger partial charge on any atom is -0.365 e. The second kappa shape index (κ2) is 7.00. The van der Waals surface area contributed by atoms with E-state index in [1.165, 1.54) is 12.1 Å². The van der Waals surface area contributed by atoms with Gasteiger partial charge in [-0.05, 0) is 57.1 Å². The van der Waals surface area contributed by atoms with E-state index in [-0.39, 0.29) is 0 Å². The zero-order valence-electron chi connectivity index (χ0n) is 14.3. The van der Waals surface area contributed by atoms with Crippen LogP contribution in [0.2, 0.25) is 0 Å². The molecule has 1 fully saturated rings. The number of benzene rings is 1. The van der Waals surface area contributed by atoms with Crippen LogP contribution in [0.3, 0.4) is 0 Å². The van der Waals surface area contributed by atoms with E-state index in [1.54, 1.807) is 0 Å². The molecule has 1 aliphatic heterocycles. The van der Waals surface area contributed by atoms with Crippen LogP contribution in [0.4, 0.5) is 19.0 Å². The maximum Gasteiger partial charge on any atom is 0.416 e. The first-order chi connectivity index (χ1) is 11.8. The molecule has 1 atom stereocenters. The molecule has 0 unspecified atom stereocenters. The standard InChI is InChI=1S/C18H21F3N4/c1-12-10-16(22-15-4-3-9-25(2)11-15)23-24-17(12)13-5-7-14(8-6-13)18(19,20)21/h5-8,10,15H,3-4,9,11H2,1-2H3,(H,22,23)/t15-/m0/s1. The van der Waals surface area contributed by atoms with Gasteiger partial charge in [-0.15, -0.1) is 10.2 Å². The van der Waals surface area contributed by atoms with Gasteiger partial charge in [-0.2, -0.15) is 13.2 Å². The molecule has 25 heavy (non-hydrogen) atoms. The van der Waals surface area contributed by atoms with Crippen LogP contribution in [0.1, 0.15) is 24.0 Å². The number of likely N-dealkylation sites (N-methyl/N-ethyl adjacent to an activating group) is 1. The summed E-state index contributed by atoms with van der Waals surface area (Å²) in [5.41, 5.74) is 1.44. The Bertz CT molecular complexity index is 728. The summed E-state index contributed by atoms with van der Waals surface area (Å²) in [6.45, 7) is 3.96. The van der Waals surface area contributed by atoms with Gasteiger partial charge in [0.2, 0.25) is 0 Å². The van der Waals surface area contributed by atoms with E-state index in [0.717, 1.165) is 43.6 Å². The molecular formula is C18H21F3N4. The monoisotopic (exact) mass is 350 g/mol. The summed E-state index contributed by atoms with van der Waals surface area (Å²) < 4.78 is 38.0. The lowest BCUT2D eigenvalue weighted by atomic mass is 10.0. The number of aryl methyl sites for hydroxylation is 1. The lowest BCUT2D eigenvalue weighted by Gasteiger charge is -2.30. The third-order valence-corrected chi connectivity index (χ3v) is 4.45. The van der Waals surface area contributed by atoms with Crippen molar-refractivity contribution in [3.63, 3.8) is 0 Å². The van der Waals surface area contributed by atoms with Crippen LogP contribution in [0.5, 0.6) is 0 Å². The summed E-state index contributed by atoms with van der Waals surface area (Å²) in [5.74, 6) is 0.702. The average molecular weight is 350 g/mol. The highest BCUT2D eigenvalue weighted by Crippen LogP contribution is 2.31. The number of anilines is 1. The van der Waals surface area contributed by atoms with Crippen molar-refractivity contribution in [1.82, 2.24) is 15.1 Å². The number of piperidine rings is 1. The molecule has 0 aliphatic carbocycles. The normalized spacial score (nSPS) is 19.0. The molecule has 0 saturated carbocycles. The topological polar surface area (TPSA) is 41.0 Å². The first-order valence-corrected chi connectivity index (χ1v) is 8.30. The van der Waals surface area contributed by atoms with Crippen molar-refractivity contribution in [2.24, 2.45) is 0 Å². The zero-order valence-corrected chi connectivity index (χ0v) is 14.3. The van der Waals surface area contributed by atoms with Crippen molar-refractivity contribution in [3.05, 3.63) is 41.5 Å². The van der Waals surface area contributed by atoms with Gasteiger partial charge in [0.15, 0.2) is 0 Å². The lowest BCUT2D eigenvalue weighted by molar-refractivity contribution is -0.137. The Kier molecular flexibility index (Phi) is 4.94. The molecule has 2 heterocycles. The minimum atomic E-state index is -4.33. The molecule has 4 nitrogen and oxygen atoms in total. The summed E-state index contributed by atoms with van der Waals surface area (Å²) in [5, 5.41) is 11.8. The van der Waals surface area contributed by atoms with Crippen molar-refractivity contribution in [2.45, 2.75) is 32.0 Å². The van der Waals surface area contributed by atoms with Gasteiger partial charge in [0.25, 0.3) is 0 Å². The van der Waals surface area contributed by atoms with Crippen LogP contribution < -0.4 is 5.32 Å². The molecule has 0 spiro atoms. The molecule has 1 aromatic heterocycles. The first-order valence-electron chi connectivity index (χ1n) is 8.30. The van der Waals surface area contributed by atoms with Crippen LogP contribution >= 0.6 is 0 Å². The van der Waals surface area contributed by atoms with Crippen molar-refractivity contribution in [3.8, 4) is 11.3 Å². The fraction of sp³-hybridized carbons (Fsp3) is 0.444. The summed E-state index contributed by atoms with van der Waals surface area (Å²) in [6.07, 6.45) is -2.10. The van der Waals surface area contributed by atoms with Gasteiger partial charge >= 0.3 is 6.18 Å². The number of likely N-dealkylation sites (tertiary alicyclic amines) is 1. The number of hydrogen-bond acceptors (Lipinski definition) is 4. The number of nitrogens with zero attached hydrogens (tertiary/aromatic N) is 3. The van der Waals surface area contributed by atoms with Crippen LogP contribution in [-0.2, 0) is 6.18 Å². The highest BCUT2D eigenvalue weighted by molar-refractivity contribution is 5.64. The number of aromatic nitrogens is 2. The maximum absolute atomic E-state index is 12.7. The molecule has 134 valence electrons. The number of alkyl halides is 3. The summed E-state index contributed by atoms with van der Waals surface area (Å²) in [7, 11) is 2.10. The van der Waals surface area contributed by atoms with Gasteiger partial charge in [0, 0.05) is 18.2 Å². The van der Waals surface area contributed by atoms with Crippen molar-refractivity contribution in [1.29, 1.82) is 0 Å². The molecule has 0 bridgehead atoms. The van der Waals surface area contributed by atoms with Gasteiger partial charge in [-0.1, -0.05) is 12.1 Å². The maximum atomic E-state index is 12.7. The minimum absolute atomic E-state index is 0.337. The molecule has 3 rings (SSSR count). The van der Waals surface area contributed by atoms with E-state index in [0.29, 0.717) is 23.1 Å². The fourth-order valence-electron chi connectivity index (χ4n) is 3.15. The van der Waals surface area contributed by atoms with E-state index in [9.17, 15) is 13.2 Å². The summed E-state index contributed by atoms with van der Waals surface area (Å²) >= 11 is 0. The Hall–Kier alpha value is -2.15. The SMILES string of the molecule is Cc1cc(N[C@H]2CCCN(C)C2)nnc1-c1ccc(C(F)(F)F)cc1. The molecule has 1 aromatic carbocycles. The van der Waals surface area contributed by atoms with Crippen LogP contribution in [0.15, 0.2) is 30.3 Å². The van der Waals surface area contributed by atoms with E-state index >= 15 is 0 Å². The first kappa shape index (κ1) is 17.7. The summed E-state index contributed by atoms with van der Waals surface area (Å²) in [4.78, 5) is 2.28.